The standard InChI is InChI=1S/C16H21NO3/c1-12-6-4-5-7-15(12)16(20-14(3)19)8-10-17(11-9-16)13(2)18/h4-7H,8-11H2,1-3H3. The lowest BCUT2D eigenvalue weighted by molar-refractivity contribution is -0.165. The topological polar surface area (TPSA) is 46.6 Å². The number of hydrogen-bond acceptors (Lipinski definition) is 3. The van der Waals surface area contributed by atoms with Crippen molar-refractivity contribution in [3.63, 3.8) is 0 Å². The molecular weight excluding hydrogens is 254 g/mol. The molecule has 0 aromatic heterocycles. The minimum atomic E-state index is -0.594. The van der Waals surface area contributed by atoms with E-state index in [4.69, 9.17) is 4.74 Å². The summed E-state index contributed by atoms with van der Waals surface area (Å²) >= 11 is 0. The normalized spacial score (nSPS) is 17.6. The largest absolute Gasteiger partial charge is 0.454 e. The van der Waals surface area contributed by atoms with Crippen molar-refractivity contribution in [1.29, 1.82) is 0 Å². The van der Waals surface area contributed by atoms with Crippen molar-refractivity contribution < 1.29 is 14.3 Å². The average molecular weight is 275 g/mol. The van der Waals surface area contributed by atoms with E-state index < -0.39 is 5.60 Å². The molecule has 1 aliphatic heterocycles. The molecule has 1 saturated heterocycles. The Morgan fingerprint density at radius 3 is 2.25 bits per heavy atom. The number of nitrogens with zero attached hydrogens (tertiary/aromatic N) is 1. The summed E-state index contributed by atoms with van der Waals surface area (Å²) in [5.41, 5.74) is 1.58. The molecule has 2 rings (SSSR count). The van der Waals surface area contributed by atoms with Crippen LogP contribution in [0.5, 0.6) is 0 Å². The van der Waals surface area contributed by atoms with E-state index in [1.807, 2.05) is 31.2 Å². The number of carbonyl (C=O) groups excluding carboxylic acids is 2. The zero-order chi connectivity index (χ0) is 14.8. The molecule has 0 spiro atoms. The summed E-state index contributed by atoms with van der Waals surface area (Å²) in [5, 5.41) is 0. The van der Waals surface area contributed by atoms with Gasteiger partial charge in [0.2, 0.25) is 5.91 Å². The molecule has 1 fully saturated rings. The first-order valence-electron chi connectivity index (χ1n) is 6.96. The molecule has 1 aromatic rings. The second-order valence-corrected chi connectivity index (χ2v) is 5.41. The lowest BCUT2D eigenvalue weighted by atomic mass is 9.82. The highest BCUT2D eigenvalue weighted by Crippen LogP contribution is 2.38. The second kappa shape index (κ2) is 5.65. The summed E-state index contributed by atoms with van der Waals surface area (Å²) < 4.78 is 5.70. The number of rotatable bonds is 2. The zero-order valence-corrected chi connectivity index (χ0v) is 12.3. The third-order valence-electron chi connectivity index (χ3n) is 3.99. The van der Waals surface area contributed by atoms with Crippen LogP contribution in [0.15, 0.2) is 24.3 Å². The summed E-state index contributed by atoms with van der Waals surface area (Å²) in [4.78, 5) is 24.8. The van der Waals surface area contributed by atoms with E-state index in [2.05, 4.69) is 0 Å². The van der Waals surface area contributed by atoms with Gasteiger partial charge in [0, 0.05) is 39.8 Å². The Labute approximate surface area is 119 Å². The Morgan fingerprint density at radius 2 is 1.75 bits per heavy atom. The lowest BCUT2D eigenvalue weighted by Gasteiger charge is -2.41. The number of piperidine rings is 1. The van der Waals surface area contributed by atoms with Crippen molar-refractivity contribution in [3.8, 4) is 0 Å². The highest BCUT2D eigenvalue weighted by atomic mass is 16.6. The Bertz CT molecular complexity index is 516. The Kier molecular flexibility index (Phi) is 4.12. The van der Waals surface area contributed by atoms with E-state index in [0.29, 0.717) is 25.9 Å². The van der Waals surface area contributed by atoms with Crippen molar-refractivity contribution in [2.45, 2.75) is 39.2 Å². The van der Waals surface area contributed by atoms with Gasteiger partial charge in [-0.2, -0.15) is 0 Å². The first kappa shape index (κ1) is 14.6. The van der Waals surface area contributed by atoms with Gasteiger partial charge in [-0.25, -0.2) is 0 Å². The minimum Gasteiger partial charge on any atom is -0.454 e. The number of carbonyl (C=O) groups is 2. The highest BCUT2D eigenvalue weighted by Gasteiger charge is 2.40. The molecule has 0 aliphatic carbocycles. The third kappa shape index (κ3) is 2.84. The summed E-state index contributed by atoms with van der Waals surface area (Å²) in [5.74, 6) is -0.198. The molecule has 0 bridgehead atoms. The number of benzene rings is 1. The molecular formula is C16H21NO3. The van der Waals surface area contributed by atoms with Gasteiger partial charge in [0.25, 0.3) is 0 Å². The number of hydrogen-bond donors (Lipinski definition) is 0. The number of amides is 1. The fourth-order valence-electron chi connectivity index (χ4n) is 2.97. The lowest BCUT2D eigenvalue weighted by Crippen LogP contribution is -2.46. The first-order chi connectivity index (χ1) is 9.44. The van der Waals surface area contributed by atoms with Crippen LogP contribution in [0, 0.1) is 6.92 Å². The fourth-order valence-corrected chi connectivity index (χ4v) is 2.97. The maximum Gasteiger partial charge on any atom is 0.303 e. The Balaban J connectivity index is 2.31. The SMILES string of the molecule is CC(=O)OC1(c2ccccc2C)CCN(C(C)=O)CC1. The number of likely N-dealkylation sites (tertiary alicyclic amines) is 1. The predicted molar refractivity (Wildman–Crippen MR) is 76.1 cm³/mol. The van der Waals surface area contributed by atoms with E-state index in [9.17, 15) is 9.59 Å². The molecule has 4 heteroatoms. The maximum absolute atomic E-state index is 11.5. The van der Waals surface area contributed by atoms with Crippen LogP contribution >= 0.6 is 0 Å². The van der Waals surface area contributed by atoms with Gasteiger partial charge < -0.3 is 9.64 Å². The molecule has 20 heavy (non-hydrogen) atoms. The quantitative estimate of drug-likeness (QED) is 0.779. The molecule has 1 aromatic carbocycles. The van der Waals surface area contributed by atoms with Gasteiger partial charge >= 0.3 is 5.97 Å². The van der Waals surface area contributed by atoms with Crippen LogP contribution in [0.1, 0.15) is 37.8 Å². The number of esters is 1. The molecule has 1 heterocycles. The van der Waals surface area contributed by atoms with Crippen molar-refractivity contribution in [2.75, 3.05) is 13.1 Å². The summed E-state index contributed by atoms with van der Waals surface area (Å²) in [6.07, 6.45) is 1.30. The van der Waals surface area contributed by atoms with E-state index in [-0.39, 0.29) is 11.9 Å². The van der Waals surface area contributed by atoms with Crippen LogP contribution in [-0.4, -0.2) is 29.9 Å². The van der Waals surface area contributed by atoms with Gasteiger partial charge in [0.1, 0.15) is 5.60 Å². The van der Waals surface area contributed by atoms with E-state index >= 15 is 0 Å². The number of aryl methyl sites for hydroxylation is 1. The van der Waals surface area contributed by atoms with E-state index in [1.54, 1.807) is 11.8 Å². The van der Waals surface area contributed by atoms with Crippen LogP contribution in [0.4, 0.5) is 0 Å². The van der Waals surface area contributed by atoms with Crippen molar-refractivity contribution in [2.24, 2.45) is 0 Å². The van der Waals surface area contributed by atoms with Gasteiger partial charge in [0.15, 0.2) is 0 Å². The molecule has 1 amide bonds. The van der Waals surface area contributed by atoms with Gasteiger partial charge in [-0.05, 0) is 18.1 Å². The second-order valence-electron chi connectivity index (χ2n) is 5.41. The summed E-state index contributed by atoms with van der Waals surface area (Å²) in [6.45, 7) is 6.29. The highest BCUT2D eigenvalue weighted by molar-refractivity contribution is 5.73. The molecule has 4 nitrogen and oxygen atoms in total. The van der Waals surface area contributed by atoms with Gasteiger partial charge in [-0.3, -0.25) is 9.59 Å². The Hall–Kier alpha value is -1.84. The van der Waals surface area contributed by atoms with Crippen LogP contribution in [0.25, 0.3) is 0 Å². The third-order valence-corrected chi connectivity index (χ3v) is 3.99. The molecule has 0 N–H and O–H groups in total. The molecule has 108 valence electrons. The fraction of sp³-hybridized carbons (Fsp3) is 0.500. The molecule has 1 aliphatic rings. The van der Waals surface area contributed by atoms with Crippen LogP contribution in [0.3, 0.4) is 0 Å². The Morgan fingerprint density at radius 1 is 1.15 bits per heavy atom. The molecule has 0 unspecified atom stereocenters. The van der Waals surface area contributed by atoms with Crippen molar-refractivity contribution >= 4 is 11.9 Å². The zero-order valence-electron chi connectivity index (χ0n) is 12.3. The smallest absolute Gasteiger partial charge is 0.303 e. The number of ether oxygens (including phenoxy) is 1. The monoisotopic (exact) mass is 275 g/mol. The van der Waals surface area contributed by atoms with Crippen LogP contribution in [0.2, 0.25) is 0 Å². The summed E-state index contributed by atoms with van der Waals surface area (Å²) in [7, 11) is 0. The van der Waals surface area contributed by atoms with Crippen LogP contribution in [-0.2, 0) is 19.9 Å². The minimum absolute atomic E-state index is 0.0752. The molecule has 0 saturated carbocycles. The molecule has 0 atom stereocenters. The maximum atomic E-state index is 11.5. The van der Waals surface area contributed by atoms with E-state index in [0.717, 1.165) is 11.1 Å². The van der Waals surface area contributed by atoms with Gasteiger partial charge in [0.05, 0.1) is 0 Å². The first-order valence-corrected chi connectivity index (χ1v) is 6.96. The predicted octanol–water partition coefficient (Wildman–Crippen LogP) is 2.40. The van der Waals surface area contributed by atoms with Gasteiger partial charge in [-0.15, -0.1) is 0 Å². The van der Waals surface area contributed by atoms with Crippen molar-refractivity contribution in [1.82, 2.24) is 4.90 Å². The van der Waals surface area contributed by atoms with Crippen molar-refractivity contribution in [3.05, 3.63) is 35.4 Å². The summed E-state index contributed by atoms with van der Waals surface area (Å²) in [6, 6.07) is 7.98. The van der Waals surface area contributed by atoms with Gasteiger partial charge in [-0.1, -0.05) is 24.3 Å². The van der Waals surface area contributed by atoms with Crippen LogP contribution < -0.4 is 0 Å². The molecule has 0 radical (unpaired) electrons. The van der Waals surface area contributed by atoms with E-state index in [1.165, 1.54) is 6.92 Å². The average Bonchev–Trinajstić information content (AvgIpc) is 2.39.